The monoisotopic (exact) mass is 225 g/mol. The Hall–Kier alpha value is -0.120. The number of rotatable bonds is 2. The highest BCUT2D eigenvalue weighted by molar-refractivity contribution is 4.78. The molecule has 0 amide bonds. The van der Waals surface area contributed by atoms with Gasteiger partial charge in [0.25, 0.3) is 0 Å². The van der Waals surface area contributed by atoms with Crippen molar-refractivity contribution >= 4 is 0 Å². The molecule has 1 unspecified atom stereocenters. The smallest absolute Gasteiger partial charge is 0.0166 e. The van der Waals surface area contributed by atoms with E-state index in [9.17, 15) is 0 Å². The second kappa shape index (κ2) is 5.99. The van der Waals surface area contributed by atoms with E-state index < -0.39 is 0 Å². The van der Waals surface area contributed by atoms with Crippen LogP contribution in [0.3, 0.4) is 0 Å². The molecule has 3 nitrogen and oxygen atoms in total. The molecule has 2 saturated heterocycles. The summed E-state index contributed by atoms with van der Waals surface area (Å²) in [4.78, 5) is 5.14. The summed E-state index contributed by atoms with van der Waals surface area (Å²) in [5.74, 6) is 0.946. The highest BCUT2D eigenvalue weighted by atomic mass is 15.2. The highest BCUT2D eigenvalue weighted by Crippen LogP contribution is 2.18. The summed E-state index contributed by atoms with van der Waals surface area (Å²) >= 11 is 0. The summed E-state index contributed by atoms with van der Waals surface area (Å²) in [6.07, 6.45) is 4.11. The largest absolute Gasteiger partial charge is 0.313 e. The number of hydrogen-bond donors (Lipinski definition) is 1. The molecule has 2 rings (SSSR count). The lowest BCUT2D eigenvalue weighted by Crippen LogP contribution is -2.40. The Morgan fingerprint density at radius 1 is 1.19 bits per heavy atom. The van der Waals surface area contributed by atoms with Crippen LogP contribution < -0.4 is 5.32 Å². The van der Waals surface area contributed by atoms with E-state index in [1.54, 1.807) is 0 Å². The van der Waals surface area contributed by atoms with E-state index in [2.05, 4.69) is 29.1 Å². The van der Waals surface area contributed by atoms with Crippen molar-refractivity contribution in [3.63, 3.8) is 0 Å². The van der Waals surface area contributed by atoms with Crippen LogP contribution in [0, 0.1) is 5.92 Å². The van der Waals surface area contributed by atoms with Crippen LogP contribution in [0.4, 0.5) is 0 Å². The van der Waals surface area contributed by atoms with Gasteiger partial charge in [0.05, 0.1) is 0 Å². The summed E-state index contributed by atoms with van der Waals surface area (Å²) in [7, 11) is 2.24. The maximum atomic E-state index is 3.57. The maximum Gasteiger partial charge on any atom is 0.0166 e. The van der Waals surface area contributed by atoms with Crippen molar-refractivity contribution < 1.29 is 0 Å². The molecule has 1 N–H and O–H groups in total. The molecule has 2 fully saturated rings. The Morgan fingerprint density at radius 3 is 2.69 bits per heavy atom. The second-order valence-electron chi connectivity index (χ2n) is 5.71. The van der Waals surface area contributed by atoms with Gasteiger partial charge in [-0.3, -0.25) is 0 Å². The van der Waals surface area contributed by atoms with E-state index >= 15 is 0 Å². The fourth-order valence-corrected chi connectivity index (χ4v) is 2.97. The van der Waals surface area contributed by atoms with E-state index in [1.165, 1.54) is 58.5 Å². The van der Waals surface area contributed by atoms with Gasteiger partial charge in [-0.05, 0) is 65.3 Å². The lowest BCUT2D eigenvalue weighted by Gasteiger charge is -2.33. The number of nitrogens with zero attached hydrogens (tertiary/aromatic N) is 2. The number of likely N-dealkylation sites (tertiary alicyclic amines) is 1. The van der Waals surface area contributed by atoms with Crippen molar-refractivity contribution in [2.24, 2.45) is 5.92 Å². The minimum atomic E-state index is 0.675. The zero-order valence-electron chi connectivity index (χ0n) is 10.9. The van der Waals surface area contributed by atoms with Crippen LogP contribution in [0.5, 0.6) is 0 Å². The van der Waals surface area contributed by atoms with Crippen LogP contribution in [0.1, 0.15) is 26.2 Å². The molecule has 0 saturated carbocycles. The molecule has 16 heavy (non-hydrogen) atoms. The van der Waals surface area contributed by atoms with Crippen LogP contribution in [0.15, 0.2) is 0 Å². The van der Waals surface area contributed by atoms with Gasteiger partial charge in [0, 0.05) is 19.1 Å². The van der Waals surface area contributed by atoms with Crippen LogP contribution in [-0.4, -0.2) is 62.2 Å². The SMILES string of the molecule is CC1CN(CC2CCN(C)CC2)CCCN1. The third-order valence-electron chi connectivity index (χ3n) is 4.03. The maximum absolute atomic E-state index is 3.57. The predicted octanol–water partition coefficient (Wildman–Crippen LogP) is 1.01. The lowest BCUT2D eigenvalue weighted by atomic mass is 9.96. The molecule has 94 valence electrons. The fourth-order valence-electron chi connectivity index (χ4n) is 2.97. The third kappa shape index (κ3) is 3.72. The van der Waals surface area contributed by atoms with E-state index in [4.69, 9.17) is 0 Å². The fraction of sp³-hybridized carbons (Fsp3) is 1.00. The summed E-state index contributed by atoms with van der Waals surface area (Å²) in [6, 6.07) is 0.675. The van der Waals surface area contributed by atoms with Crippen LogP contribution in [0.2, 0.25) is 0 Å². The molecule has 3 heteroatoms. The molecule has 1 atom stereocenters. The molecule has 0 aromatic rings. The summed E-state index contributed by atoms with van der Waals surface area (Å²) < 4.78 is 0. The molecule has 2 aliphatic rings. The molecular formula is C13H27N3. The zero-order chi connectivity index (χ0) is 11.4. The van der Waals surface area contributed by atoms with E-state index in [1.807, 2.05) is 0 Å². The van der Waals surface area contributed by atoms with Crippen molar-refractivity contribution in [2.45, 2.75) is 32.2 Å². The first-order chi connectivity index (χ1) is 7.74. The first-order valence-corrected chi connectivity index (χ1v) is 6.88. The standard InChI is InChI=1S/C13H27N3/c1-12-10-16(7-3-6-14-12)11-13-4-8-15(2)9-5-13/h12-14H,3-11H2,1-2H3. The van der Waals surface area contributed by atoms with E-state index in [0.717, 1.165) is 5.92 Å². The zero-order valence-corrected chi connectivity index (χ0v) is 10.9. The van der Waals surface area contributed by atoms with Gasteiger partial charge in [-0.25, -0.2) is 0 Å². The topological polar surface area (TPSA) is 18.5 Å². The van der Waals surface area contributed by atoms with Gasteiger partial charge < -0.3 is 15.1 Å². The molecule has 0 spiro atoms. The van der Waals surface area contributed by atoms with Gasteiger partial charge in [0.1, 0.15) is 0 Å². The minimum absolute atomic E-state index is 0.675. The van der Waals surface area contributed by atoms with E-state index in [0.29, 0.717) is 6.04 Å². The van der Waals surface area contributed by atoms with Gasteiger partial charge in [-0.1, -0.05) is 0 Å². The summed E-state index contributed by atoms with van der Waals surface area (Å²) in [6.45, 7) is 9.98. The quantitative estimate of drug-likeness (QED) is 0.757. The van der Waals surface area contributed by atoms with Crippen molar-refractivity contribution in [3.8, 4) is 0 Å². The Kier molecular flexibility index (Phi) is 4.62. The molecule has 0 aliphatic carbocycles. The first kappa shape index (κ1) is 12.3. The molecule has 2 heterocycles. The van der Waals surface area contributed by atoms with Gasteiger partial charge in [0.15, 0.2) is 0 Å². The molecule has 2 aliphatic heterocycles. The lowest BCUT2D eigenvalue weighted by molar-refractivity contribution is 0.160. The van der Waals surface area contributed by atoms with Gasteiger partial charge in [-0.2, -0.15) is 0 Å². The molecular weight excluding hydrogens is 198 g/mol. The molecule has 0 bridgehead atoms. The molecule has 0 radical (unpaired) electrons. The van der Waals surface area contributed by atoms with Crippen molar-refractivity contribution in [1.82, 2.24) is 15.1 Å². The van der Waals surface area contributed by atoms with Gasteiger partial charge >= 0.3 is 0 Å². The second-order valence-corrected chi connectivity index (χ2v) is 5.71. The number of nitrogens with one attached hydrogen (secondary N) is 1. The van der Waals surface area contributed by atoms with Crippen molar-refractivity contribution in [1.29, 1.82) is 0 Å². The minimum Gasteiger partial charge on any atom is -0.313 e. The van der Waals surface area contributed by atoms with Crippen LogP contribution in [0.25, 0.3) is 0 Å². The van der Waals surface area contributed by atoms with E-state index in [-0.39, 0.29) is 0 Å². The van der Waals surface area contributed by atoms with Crippen LogP contribution >= 0.6 is 0 Å². The molecule has 0 aromatic heterocycles. The Labute approximate surface area is 100 Å². The highest BCUT2D eigenvalue weighted by Gasteiger charge is 2.21. The first-order valence-electron chi connectivity index (χ1n) is 6.88. The van der Waals surface area contributed by atoms with Crippen molar-refractivity contribution in [2.75, 3.05) is 46.3 Å². The van der Waals surface area contributed by atoms with Gasteiger partial charge in [-0.15, -0.1) is 0 Å². The Balaban J connectivity index is 1.75. The summed E-state index contributed by atoms with van der Waals surface area (Å²) in [5.41, 5.74) is 0. The van der Waals surface area contributed by atoms with Crippen LogP contribution in [-0.2, 0) is 0 Å². The predicted molar refractivity (Wildman–Crippen MR) is 68.7 cm³/mol. The van der Waals surface area contributed by atoms with Crippen molar-refractivity contribution in [3.05, 3.63) is 0 Å². The number of piperidine rings is 1. The Bertz CT molecular complexity index is 199. The molecule has 0 aromatic carbocycles. The van der Waals surface area contributed by atoms with Gasteiger partial charge in [0.2, 0.25) is 0 Å². The summed E-state index contributed by atoms with van der Waals surface area (Å²) in [5, 5.41) is 3.57. The normalized spacial score (nSPS) is 31.5. The third-order valence-corrected chi connectivity index (χ3v) is 4.03. The average Bonchev–Trinajstić information content (AvgIpc) is 2.46. The average molecular weight is 225 g/mol. The Morgan fingerprint density at radius 2 is 1.94 bits per heavy atom. The number of hydrogen-bond acceptors (Lipinski definition) is 3.